The van der Waals surface area contributed by atoms with E-state index in [4.69, 9.17) is 9.47 Å². The van der Waals surface area contributed by atoms with Crippen molar-refractivity contribution in [1.82, 2.24) is 5.32 Å². The van der Waals surface area contributed by atoms with Gasteiger partial charge in [0, 0.05) is 25.9 Å². The fourth-order valence-electron chi connectivity index (χ4n) is 1.96. The summed E-state index contributed by atoms with van der Waals surface area (Å²) in [5.41, 5.74) is 1.79. The van der Waals surface area contributed by atoms with Gasteiger partial charge < -0.3 is 20.1 Å². The van der Waals surface area contributed by atoms with Crippen LogP contribution in [0.4, 0.5) is 5.69 Å². The zero-order valence-electron chi connectivity index (χ0n) is 11.7. The second-order valence-corrected chi connectivity index (χ2v) is 4.56. The molecule has 1 heterocycles. The maximum absolute atomic E-state index is 12.0. The standard InChI is InChI=1S/C14H20N2O3.ClH/c1-10(18-2)11-4-3-5-12(8-11)16-14(17)13-9-15-6-7-19-13;/h3-5,8,10,13,15H,6-7,9H2,1-2H3,(H,16,17);1H. The summed E-state index contributed by atoms with van der Waals surface area (Å²) in [5, 5.41) is 6.01. The first-order chi connectivity index (χ1) is 9.20. The van der Waals surface area contributed by atoms with Crippen LogP contribution in [0.2, 0.25) is 0 Å². The Morgan fingerprint density at radius 3 is 3.00 bits per heavy atom. The Labute approximate surface area is 125 Å². The summed E-state index contributed by atoms with van der Waals surface area (Å²) in [6, 6.07) is 7.66. The predicted octanol–water partition coefficient (Wildman–Crippen LogP) is 1.74. The van der Waals surface area contributed by atoms with Crippen LogP contribution in [0.25, 0.3) is 0 Å². The van der Waals surface area contributed by atoms with Gasteiger partial charge in [-0.15, -0.1) is 12.4 Å². The number of morpholine rings is 1. The molecule has 0 bridgehead atoms. The zero-order chi connectivity index (χ0) is 13.7. The molecule has 0 radical (unpaired) electrons. The molecule has 1 aromatic rings. The predicted molar refractivity (Wildman–Crippen MR) is 80.4 cm³/mol. The summed E-state index contributed by atoms with van der Waals surface area (Å²) < 4.78 is 10.7. The average Bonchev–Trinajstić information content (AvgIpc) is 2.47. The summed E-state index contributed by atoms with van der Waals surface area (Å²) in [5.74, 6) is -0.116. The van der Waals surface area contributed by atoms with Gasteiger partial charge in [-0.05, 0) is 24.6 Å². The van der Waals surface area contributed by atoms with Crippen molar-refractivity contribution in [2.24, 2.45) is 0 Å². The normalized spacial score (nSPS) is 19.8. The second kappa shape index (κ2) is 8.21. The molecule has 112 valence electrons. The number of carbonyl (C=O) groups excluding carboxylic acids is 1. The summed E-state index contributed by atoms with van der Waals surface area (Å²) in [7, 11) is 1.66. The van der Waals surface area contributed by atoms with Crippen molar-refractivity contribution >= 4 is 24.0 Å². The van der Waals surface area contributed by atoms with E-state index in [9.17, 15) is 4.79 Å². The Morgan fingerprint density at radius 2 is 2.35 bits per heavy atom. The molecule has 1 fully saturated rings. The lowest BCUT2D eigenvalue weighted by molar-refractivity contribution is -0.128. The molecule has 1 aliphatic heterocycles. The van der Waals surface area contributed by atoms with Crippen molar-refractivity contribution in [3.8, 4) is 0 Å². The number of rotatable bonds is 4. The second-order valence-electron chi connectivity index (χ2n) is 4.56. The molecule has 0 saturated carbocycles. The van der Waals surface area contributed by atoms with Gasteiger partial charge in [0.25, 0.3) is 5.91 Å². The molecule has 2 rings (SSSR count). The summed E-state index contributed by atoms with van der Waals surface area (Å²) in [6.07, 6.45) is -0.415. The Morgan fingerprint density at radius 1 is 1.55 bits per heavy atom. The number of halogens is 1. The van der Waals surface area contributed by atoms with Gasteiger partial charge in [0.15, 0.2) is 0 Å². The lowest BCUT2D eigenvalue weighted by atomic mass is 10.1. The van der Waals surface area contributed by atoms with Gasteiger partial charge in [-0.1, -0.05) is 12.1 Å². The summed E-state index contributed by atoms with van der Waals surface area (Å²) >= 11 is 0. The number of nitrogens with one attached hydrogen (secondary N) is 2. The van der Waals surface area contributed by atoms with E-state index >= 15 is 0 Å². The van der Waals surface area contributed by atoms with Crippen molar-refractivity contribution in [3.05, 3.63) is 29.8 Å². The molecule has 2 N–H and O–H groups in total. The van der Waals surface area contributed by atoms with Crippen LogP contribution >= 0.6 is 12.4 Å². The van der Waals surface area contributed by atoms with E-state index in [1.165, 1.54) is 0 Å². The molecular weight excluding hydrogens is 280 g/mol. The minimum Gasteiger partial charge on any atom is -0.377 e. The van der Waals surface area contributed by atoms with Gasteiger partial charge in [0.2, 0.25) is 0 Å². The van der Waals surface area contributed by atoms with Crippen LogP contribution in [0.3, 0.4) is 0 Å². The van der Waals surface area contributed by atoms with Crippen molar-refractivity contribution in [3.63, 3.8) is 0 Å². The van der Waals surface area contributed by atoms with Crippen molar-refractivity contribution in [2.75, 3.05) is 32.1 Å². The maximum Gasteiger partial charge on any atom is 0.254 e. The zero-order valence-corrected chi connectivity index (χ0v) is 12.5. The van der Waals surface area contributed by atoms with Gasteiger partial charge in [-0.3, -0.25) is 4.79 Å². The third-order valence-electron chi connectivity index (χ3n) is 3.20. The van der Waals surface area contributed by atoms with Crippen LogP contribution in [0, 0.1) is 0 Å². The van der Waals surface area contributed by atoms with Gasteiger partial charge in [0.1, 0.15) is 6.10 Å². The first-order valence-corrected chi connectivity index (χ1v) is 6.46. The van der Waals surface area contributed by atoms with Gasteiger partial charge in [-0.25, -0.2) is 0 Å². The molecule has 0 aliphatic carbocycles. The monoisotopic (exact) mass is 300 g/mol. The van der Waals surface area contributed by atoms with Crippen LogP contribution in [-0.4, -0.2) is 38.8 Å². The highest BCUT2D eigenvalue weighted by atomic mass is 35.5. The van der Waals surface area contributed by atoms with Crippen molar-refractivity contribution in [1.29, 1.82) is 0 Å². The summed E-state index contributed by atoms with van der Waals surface area (Å²) in [4.78, 5) is 12.0. The van der Waals surface area contributed by atoms with Crippen LogP contribution in [0.1, 0.15) is 18.6 Å². The Balaban J connectivity index is 0.00000200. The number of anilines is 1. The largest absolute Gasteiger partial charge is 0.377 e. The molecule has 2 unspecified atom stereocenters. The lowest BCUT2D eigenvalue weighted by Crippen LogP contribution is -2.45. The number of hydrogen-bond donors (Lipinski definition) is 2. The number of carbonyl (C=O) groups is 1. The van der Waals surface area contributed by atoms with Gasteiger partial charge in [-0.2, -0.15) is 0 Å². The highest BCUT2D eigenvalue weighted by Gasteiger charge is 2.21. The van der Waals surface area contributed by atoms with Crippen LogP contribution in [-0.2, 0) is 14.3 Å². The van der Waals surface area contributed by atoms with E-state index in [0.717, 1.165) is 17.8 Å². The van der Waals surface area contributed by atoms with Crippen LogP contribution in [0.15, 0.2) is 24.3 Å². The maximum atomic E-state index is 12.0. The van der Waals surface area contributed by atoms with Gasteiger partial charge >= 0.3 is 0 Å². The SMILES string of the molecule is COC(C)c1cccc(NC(=O)C2CNCCO2)c1.Cl. The van der Waals surface area contributed by atoms with Gasteiger partial charge in [0.05, 0.1) is 12.7 Å². The first-order valence-electron chi connectivity index (χ1n) is 6.46. The molecule has 0 aromatic heterocycles. The highest BCUT2D eigenvalue weighted by molar-refractivity contribution is 5.94. The number of hydrogen-bond acceptors (Lipinski definition) is 4. The quantitative estimate of drug-likeness (QED) is 0.889. The molecule has 1 aromatic carbocycles. The molecular formula is C14H21ClN2O3. The minimum absolute atomic E-state index is 0. The number of ether oxygens (including phenoxy) is 2. The molecule has 1 amide bonds. The smallest absolute Gasteiger partial charge is 0.254 e. The topological polar surface area (TPSA) is 59.6 Å². The van der Waals surface area contributed by atoms with Crippen LogP contribution in [0.5, 0.6) is 0 Å². The fourth-order valence-corrected chi connectivity index (χ4v) is 1.96. The molecule has 2 atom stereocenters. The highest BCUT2D eigenvalue weighted by Crippen LogP contribution is 2.19. The summed E-state index contributed by atoms with van der Waals surface area (Å²) in [6.45, 7) is 3.89. The Hall–Kier alpha value is -1.14. The van der Waals surface area contributed by atoms with E-state index in [0.29, 0.717) is 13.2 Å². The van der Waals surface area contributed by atoms with E-state index in [-0.39, 0.29) is 24.4 Å². The molecule has 5 nitrogen and oxygen atoms in total. The Kier molecular flexibility index (Phi) is 6.95. The molecule has 0 spiro atoms. The number of benzene rings is 1. The number of methoxy groups -OCH3 is 1. The average molecular weight is 301 g/mol. The van der Waals surface area contributed by atoms with E-state index < -0.39 is 6.10 Å². The van der Waals surface area contributed by atoms with Crippen molar-refractivity contribution in [2.45, 2.75) is 19.1 Å². The molecule has 1 saturated heterocycles. The molecule has 6 heteroatoms. The van der Waals surface area contributed by atoms with Crippen LogP contribution < -0.4 is 10.6 Å². The molecule has 1 aliphatic rings. The van der Waals surface area contributed by atoms with E-state index in [2.05, 4.69) is 10.6 Å². The molecule has 20 heavy (non-hydrogen) atoms. The van der Waals surface area contributed by atoms with Crippen molar-refractivity contribution < 1.29 is 14.3 Å². The first kappa shape index (κ1) is 16.9. The van der Waals surface area contributed by atoms with E-state index in [1.54, 1.807) is 7.11 Å². The fraction of sp³-hybridized carbons (Fsp3) is 0.500. The minimum atomic E-state index is -0.419. The Bertz CT molecular complexity index is 436. The number of amides is 1. The lowest BCUT2D eigenvalue weighted by Gasteiger charge is -2.23. The third-order valence-corrected chi connectivity index (χ3v) is 3.20. The van der Waals surface area contributed by atoms with E-state index in [1.807, 2.05) is 31.2 Å². The third kappa shape index (κ3) is 4.45.